The van der Waals surface area contributed by atoms with Crippen LogP contribution in [0.25, 0.3) is 0 Å². The highest BCUT2D eigenvalue weighted by atomic mass is 16.7. The van der Waals surface area contributed by atoms with Gasteiger partial charge in [0.05, 0.1) is 25.4 Å². The molecule has 0 bridgehead atoms. The molecule has 6 N–H and O–H groups in total. The molecule has 502 valence electrons. The number of esters is 1. The minimum Gasteiger partial charge on any atom is -0.454 e. The van der Waals surface area contributed by atoms with Crippen LogP contribution in [0.15, 0.2) is 60.8 Å². The number of ether oxygens (including phenoxy) is 3. The standard InChI is InChI=1S/C75H137NO10/c1-4-7-10-13-16-19-22-25-27-29-31-33-34-35-36-37-39-41-43-45-48-51-54-57-60-63-70(80)86-73-72(82)71(81)69(64-77)85-75(73)84-65-66(67(78)61-58-55-52-49-46-24-21-18-15-12-9-6-3)76-74(83)68(79)62-59-56-53-50-47-44-42-40-38-32-30-28-26-23-20-17-14-11-8-5-2/h16,19,25,27,31,33,35-36,58,61,66-69,71-73,75,77-79,81-82H,4-15,17-18,20-24,26,28-30,32,34,37-57,59-60,62-65H2,1-3H3,(H,76,83)/b19-16-,27-25-,33-31-,36-35-,61-58+. The van der Waals surface area contributed by atoms with Crippen LogP contribution >= 0.6 is 0 Å². The molecule has 1 fully saturated rings. The first-order valence-corrected chi connectivity index (χ1v) is 36.6. The predicted octanol–water partition coefficient (Wildman–Crippen LogP) is 18.9. The Morgan fingerprint density at radius 3 is 1.22 bits per heavy atom. The first-order chi connectivity index (χ1) is 42.2. The van der Waals surface area contributed by atoms with Gasteiger partial charge in [-0.15, -0.1) is 0 Å². The van der Waals surface area contributed by atoms with E-state index in [9.17, 15) is 35.1 Å². The summed E-state index contributed by atoms with van der Waals surface area (Å²) in [7, 11) is 0. The number of unbranched alkanes of at least 4 members (excludes halogenated alkanes) is 41. The Hall–Kier alpha value is -2.64. The van der Waals surface area contributed by atoms with Gasteiger partial charge in [0.15, 0.2) is 12.4 Å². The van der Waals surface area contributed by atoms with Crippen molar-refractivity contribution in [1.82, 2.24) is 5.32 Å². The summed E-state index contributed by atoms with van der Waals surface area (Å²) in [5, 5.41) is 57.3. The van der Waals surface area contributed by atoms with E-state index in [2.05, 4.69) is 74.7 Å². The van der Waals surface area contributed by atoms with Crippen molar-refractivity contribution in [3.05, 3.63) is 60.8 Å². The number of carbonyl (C=O) groups is 2. The molecule has 1 amide bonds. The Kier molecular flexibility index (Phi) is 59.2. The highest BCUT2D eigenvalue weighted by Crippen LogP contribution is 2.26. The van der Waals surface area contributed by atoms with Gasteiger partial charge in [-0.05, 0) is 70.6 Å². The molecule has 11 nitrogen and oxygen atoms in total. The van der Waals surface area contributed by atoms with Crippen LogP contribution in [0.1, 0.15) is 342 Å². The van der Waals surface area contributed by atoms with Gasteiger partial charge in [-0.2, -0.15) is 0 Å². The minimum atomic E-state index is -1.62. The van der Waals surface area contributed by atoms with E-state index in [4.69, 9.17) is 14.2 Å². The van der Waals surface area contributed by atoms with Gasteiger partial charge in [0.2, 0.25) is 5.91 Å². The third-order valence-corrected chi connectivity index (χ3v) is 17.2. The zero-order valence-electron chi connectivity index (χ0n) is 55.9. The van der Waals surface area contributed by atoms with Crippen LogP contribution in [0.2, 0.25) is 0 Å². The summed E-state index contributed by atoms with van der Waals surface area (Å²) >= 11 is 0. The van der Waals surface area contributed by atoms with E-state index in [1.807, 2.05) is 6.08 Å². The summed E-state index contributed by atoms with van der Waals surface area (Å²) in [6.07, 6.45) is 69.7. The Morgan fingerprint density at radius 2 is 0.802 bits per heavy atom. The van der Waals surface area contributed by atoms with E-state index < -0.39 is 67.4 Å². The molecular weight excluding hydrogens is 1070 g/mol. The molecule has 1 aliphatic rings. The van der Waals surface area contributed by atoms with Gasteiger partial charge in [-0.3, -0.25) is 9.59 Å². The molecule has 0 aromatic heterocycles. The molecule has 0 aromatic rings. The Morgan fingerprint density at radius 1 is 0.453 bits per heavy atom. The summed E-state index contributed by atoms with van der Waals surface area (Å²) in [6, 6.07) is -1.02. The third kappa shape index (κ3) is 49.2. The van der Waals surface area contributed by atoms with E-state index in [-0.39, 0.29) is 13.0 Å². The summed E-state index contributed by atoms with van der Waals surface area (Å²) in [6.45, 7) is 5.81. The number of allylic oxidation sites excluding steroid dienone is 9. The third-order valence-electron chi connectivity index (χ3n) is 17.2. The van der Waals surface area contributed by atoms with Crippen LogP contribution in [0.3, 0.4) is 0 Å². The number of rotatable bonds is 63. The first kappa shape index (κ1) is 81.4. The van der Waals surface area contributed by atoms with Crippen LogP contribution in [-0.4, -0.2) is 99.6 Å². The topological polar surface area (TPSA) is 175 Å². The van der Waals surface area contributed by atoms with Crippen molar-refractivity contribution < 1.29 is 49.3 Å². The Labute approximate surface area is 528 Å². The van der Waals surface area contributed by atoms with Crippen molar-refractivity contribution in [2.75, 3.05) is 13.2 Å². The highest BCUT2D eigenvalue weighted by Gasteiger charge is 2.47. The molecule has 1 rings (SSSR count). The van der Waals surface area contributed by atoms with E-state index in [1.54, 1.807) is 6.08 Å². The number of carbonyl (C=O) groups excluding carboxylic acids is 2. The van der Waals surface area contributed by atoms with Crippen LogP contribution in [0, 0.1) is 0 Å². The van der Waals surface area contributed by atoms with Crippen molar-refractivity contribution in [2.45, 2.75) is 391 Å². The maximum atomic E-state index is 13.5. The zero-order valence-corrected chi connectivity index (χ0v) is 55.9. The number of nitrogens with one attached hydrogen (secondary N) is 1. The van der Waals surface area contributed by atoms with E-state index in [0.29, 0.717) is 19.3 Å². The highest BCUT2D eigenvalue weighted by molar-refractivity contribution is 5.80. The number of amides is 1. The molecule has 0 aromatic carbocycles. The molecule has 1 aliphatic heterocycles. The summed E-state index contributed by atoms with van der Waals surface area (Å²) in [5.41, 5.74) is 0. The Bertz CT molecular complexity index is 1630. The molecule has 0 saturated carbocycles. The molecule has 0 aliphatic carbocycles. The number of hydrogen-bond donors (Lipinski definition) is 6. The normalized spacial score (nSPS) is 18.6. The molecule has 8 atom stereocenters. The lowest BCUT2D eigenvalue weighted by Crippen LogP contribution is -2.61. The van der Waals surface area contributed by atoms with Gasteiger partial charge in [-0.1, -0.05) is 326 Å². The smallest absolute Gasteiger partial charge is 0.306 e. The quantitative estimate of drug-likeness (QED) is 0.0195. The van der Waals surface area contributed by atoms with Crippen LogP contribution in [0.4, 0.5) is 0 Å². The van der Waals surface area contributed by atoms with Crippen LogP contribution in [-0.2, 0) is 23.8 Å². The van der Waals surface area contributed by atoms with Gasteiger partial charge < -0.3 is 45.1 Å². The fraction of sp³-hybridized carbons (Fsp3) is 0.840. The van der Waals surface area contributed by atoms with Gasteiger partial charge >= 0.3 is 5.97 Å². The summed E-state index contributed by atoms with van der Waals surface area (Å²) < 4.78 is 17.7. The fourth-order valence-electron chi connectivity index (χ4n) is 11.4. The monoisotopic (exact) mass is 1210 g/mol. The second-order valence-electron chi connectivity index (χ2n) is 25.3. The fourth-order valence-corrected chi connectivity index (χ4v) is 11.4. The minimum absolute atomic E-state index is 0.117. The molecule has 1 heterocycles. The number of aliphatic hydroxyl groups is 5. The predicted molar refractivity (Wildman–Crippen MR) is 361 cm³/mol. The first-order valence-electron chi connectivity index (χ1n) is 36.6. The van der Waals surface area contributed by atoms with E-state index in [1.165, 1.54) is 205 Å². The van der Waals surface area contributed by atoms with Gasteiger partial charge in [0.1, 0.15) is 24.4 Å². The van der Waals surface area contributed by atoms with Crippen molar-refractivity contribution in [3.8, 4) is 0 Å². The average molecular weight is 1210 g/mol. The largest absolute Gasteiger partial charge is 0.454 e. The van der Waals surface area contributed by atoms with Crippen LogP contribution < -0.4 is 5.32 Å². The molecular formula is C75H137NO10. The SMILES string of the molecule is CCCCC/C=C\C/C=C\C/C=C\C/C=C\CCCCCCCCCCCC(=O)OC1C(OCC(NC(=O)C(O)CCCCCCCCCCCCCCCCCCCCCC)C(O)/C=C/CCCCCCCCCCCC)OC(CO)C(O)C1O. The second-order valence-corrected chi connectivity index (χ2v) is 25.3. The Balaban J connectivity index is 2.56. The van der Waals surface area contributed by atoms with Gasteiger partial charge in [-0.25, -0.2) is 0 Å². The van der Waals surface area contributed by atoms with Crippen molar-refractivity contribution in [2.24, 2.45) is 0 Å². The second kappa shape index (κ2) is 62.5. The lowest BCUT2D eigenvalue weighted by molar-refractivity contribution is -0.305. The number of aliphatic hydroxyl groups excluding tert-OH is 5. The lowest BCUT2D eigenvalue weighted by atomic mass is 9.99. The van der Waals surface area contributed by atoms with E-state index >= 15 is 0 Å². The maximum absolute atomic E-state index is 13.5. The molecule has 11 heteroatoms. The molecule has 0 radical (unpaired) electrons. The van der Waals surface area contributed by atoms with Gasteiger partial charge in [0.25, 0.3) is 0 Å². The average Bonchev–Trinajstić information content (AvgIpc) is 3.39. The van der Waals surface area contributed by atoms with Crippen LogP contribution in [0.5, 0.6) is 0 Å². The van der Waals surface area contributed by atoms with E-state index in [0.717, 1.165) is 89.9 Å². The maximum Gasteiger partial charge on any atom is 0.306 e. The van der Waals surface area contributed by atoms with Crippen molar-refractivity contribution >= 4 is 11.9 Å². The summed E-state index contributed by atoms with van der Waals surface area (Å²) in [4.78, 5) is 26.7. The van der Waals surface area contributed by atoms with Crippen molar-refractivity contribution in [1.29, 1.82) is 0 Å². The molecule has 0 spiro atoms. The molecule has 1 saturated heterocycles. The summed E-state index contributed by atoms with van der Waals surface area (Å²) in [5.74, 6) is -1.19. The molecule has 8 unspecified atom stereocenters. The van der Waals surface area contributed by atoms with Crippen molar-refractivity contribution in [3.63, 3.8) is 0 Å². The van der Waals surface area contributed by atoms with Gasteiger partial charge in [0, 0.05) is 6.42 Å². The lowest BCUT2D eigenvalue weighted by Gasteiger charge is -2.41. The number of hydrogen-bond acceptors (Lipinski definition) is 10. The molecule has 86 heavy (non-hydrogen) atoms. The zero-order chi connectivity index (χ0) is 62.4.